The van der Waals surface area contributed by atoms with E-state index in [0.29, 0.717) is 23.5 Å². The standard InChI is InChI=1S/C32H32O2/c1-5-7-16-24(3)29(6-2)32(25(4)31(33)27-19-12-9-13-20-27)34-23-28-21-14-15-22-30(28)26-17-10-8-11-18-26/h6-22H,2,5,23H2,1,3-4H3/b16-7-,29-24+,32-25-. The number of Topliss-reactive ketones (excluding diaryl/α,β-unsaturated/α-hetero) is 1. The van der Waals surface area contributed by atoms with Gasteiger partial charge in [-0.25, -0.2) is 0 Å². The molecule has 0 bridgehead atoms. The Balaban J connectivity index is 2.05. The average molecular weight is 449 g/mol. The molecule has 2 nitrogen and oxygen atoms in total. The molecule has 0 heterocycles. The molecule has 0 radical (unpaired) electrons. The second-order valence-electron chi connectivity index (χ2n) is 8.07. The molecule has 0 aliphatic carbocycles. The largest absolute Gasteiger partial charge is 0.488 e. The van der Waals surface area contributed by atoms with Gasteiger partial charge in [-0.1, -0.05) is 117 Å². The molecular formula is C32H32O2. The van der Waals surface area contributed by atoms with E-state index in [1.54, 1.807) is 6.08 Å². The summed E-state index contributed by atoms with van der Waals surface area (Å²) in [7, 11) is 0. The normalized spacial score (nSPS) is 12.7. The first-order chi connectivity index (χ1) is 16.6. The Labute approximate surface area is 203 Å². The van der Waals surface area contributed by atoms with Crippen molar-refractivity contribution in [3.8, 4) is 11.1 Å². The van der Waals surface area contributed by atoms with Gasteiger partial charge in [-0.15, -0.1) is 0 Å². The smallest absolute Gasteiger partial charge is 0.192 e. The van der Waals surface area contributed by atoms with Gasteiger partial charge >= 0.3 is 0 Å². The van der Waals surface area contributed by atoms with Crippen LogP contribution >= 0.6 is 0 Å². The van der Waals surface area contributed by atoms with Crippen LogP contribution in [0.2, 0.25) is 0 Å². The van der Waals surface area contributed by atoms with Crippen molar-refractivity contribution in [2.75, 3.05) is 0 Å². The van der Waals surface area contributed by atoms with Gasteiger partial charge in [0.15, 0.2) is 5.78 Å². The van der Waals surface area contributed by atoms with Crippen LogP contribution in [-0.4, -0.2) is 5.78 Å². The molecule has 3 rings (SSSR count). The summed E-state index contributed by atoms with van der Waals surface area (Å²) in [6.45, 7) is 10.3. The van der Waals surface area contributed by atoms with Crippen molar-refractivity contribution in [3.05, 3.63) is 143 Å². The van der Waals surface area contributed by atoms with Crippen molar-refractivity contribution in [2.24, 2.45) is 0 Å². The van der Waals surface area contributed by atoms with Crippen molar-refractivity contribution in [1.82, 2.24) is 0 Å². The topological polar surface area (TPSA) is 26.3 Å². The maximum Gasteiger partial charge on any atom is 0.192 e. The van der Waals surface area contributed by atoms with E-state index in [4.69, 9.17) is 4.74 Å². The van der Waals surface area contributed by atoms with Crippen LogP contribution in [-0.2, 0) is 11.3 Å². The minimum atomic E-state index is -0.0569. The molecule has 3 aromatic carbocycles. The van der Waals surface area contributed by atoms with E-state index >= 15 is 0 Å². The Kier molecular flexibility index (Phi) is 8.99. The van der Waals surface area contributed by atoms with E-state index in [-0.39, 0.29) is 5.78 Å². The number of carbonyl (C=O) groups is 1. The molecule has 0 aromatic heterocycles. The third kappa shape index (κ3) is 6.11. The Morgan fingerprint density at radius 3 is 2.15 bits per heavy atom. The number of benzene rings is 3. The number of hydrogen-bond donors (Lipinski definition) is 0. The number of allylic oxidation sites excluding steroid dienone is 5. The van der Waals surface area contributed by atoms with Crippen LogP contribution in [0.3, 0.4) is 0 Å². The van der Waals surface area contributed by atoms with Crippen molar-refractivity contribution in [2.45, 2.75) is 33.8 Å². The zero-order valence-electron chi connectivity index (χ0n) is 20.3. The van der Waals surface area contributed by atoms with Gasteiger partial charge in [0, 0.05) is 16.7 Å². The van der Waals surface area contributed by atoms with E-state index in [0.717, 1.165) is 34.3 Å². The second-order valence-corrected chi connectivity index (χ2v) is 8.07. The number of carbonyl (C=O) groups excluding carboxylic acids is 1. The zero-order chi connectivity index (χ0) is 24.3. The van der Waals surface area contributed by atoms with Gasteiger partial charge in [-0.05, 0) is 42.5 Å². The first-order valence-corrected chi connectivity index (χ1v) is 11.6. The van der Waals surface area contributed by atoms with E-state index < -0.39 is 0 Å². The fourth-order valence-corrected chi connectivity index (χ4v) is 3.81. The molecule has 0 amide bonds. The van der Waals surface area contributed by atoms with Crippen molar-refractivity contribution < 1.29 is 9.53 Å². The summed E-state index contributed by atoms with van der Waals surface area (Å²) in [6, 6.07) is 27.8. The van der Waals surface area contributed by atoms with Crippen LogP contribution < -0.4 is 0 Å². The molecule has 0 atom stereocenters. The first kappa shape index (κ1) is 24.7. The molecule has 3 aromatic rings. The maximum absolute atomic E-state index is 13.3. The van der Waals surface area contributed by atoms with Crippen molar-refractivity contribution in [3.63, 3.8) is 0 Å². The fraction of sp³-hybridized carbons (Fsp3) is 0.156. The predicted molar refractivity (Wildman–Crippen MR) is 142 cm³/mol. The zero-order valence-corrected chi connectivity index (χ0v) is 20.3. The van der Waals surface area contributed by atoms with Crippen LogP contribution in [0.1, 0.15) is 43.1 Å². The Morgan fingerprint density at radius 1 is 0.882 bits per heavy atom. The molecule has 0 aliphatic rings. The molecule has 0 fully saturated rings. The second kappa shape index (κ2) is 12.4. The molecule has 0 saturated heterocycles. The molecule has 0 saturated carbocycles. The highest BCUT2D eigenvalue weighted by molar-refractivity contribution is 6.09. The minimum absolute atomic E-state index is 0.0569. The SMILES string of the molecule is C=CC(/C(OCc1ccccc1-c1ccccc1)=C(\C)C(=O)c1ccccc1)=C(C)\C=C/CC. The van der Waals surface area contributed by atoms with Crippen LogP contribution in [0.5, 0.6) is 0 Å². The number of ketones is 1. The summed E-state index contributed by atoms with van der Waals surface area (Å²) in [6.07, 6.45) is 6.84. The quantitative estimate of drug-likeness (QED) is 0.134. The first-order valence-electron chi connectivity index (χ1n) is 11.6. The van der Waals surface area contributed by atoms with Gasteiger partial charge in [0.1, 0.15) is 12.4 Å². The molecular weight excluding hydrogens is 416 g/mol. The molecule has 172 valence electrons. The number of rotatable bonds is 10. The lowest BCUT2D eigenvalue weighted by atomic mass is 9.97. The molecule has 0 spiro atoms. The van der Waals surface area contributed by atoms with Crippen LogP contribution in [0.15, 0.2) is 132 Å². The number of hydrogen-bond acceptors (Lipinski definition) is 2. The molecule has 0 unspecified atom stereocenters. The lowest BCUT2D eigenvalue weighted by Crippen LogP contribution is -2.09. The average Bonchev–Trinajstić information content (AvgIpc) is 2.90. The lowest BCUT2D eigenvalue weighted by molar-refractivity contribution is 0.102. The van der Waals surface area contributed by atoms with E-state index in [1.807, 2.05) is 74.5 Å². The summed E-state index contributed by atoms with van der Waals surface area (Å²) in [4.78, 5) is 13.3. The highest BCUT2D eigenvalue weighted by atomic mass is 16.5. The Morgan fingerprint density at radius 2 is 1.50 bits per heavy atom. The summed E-state index contributed by atoms with van der Waals surface area (Å²) in [5, 5.41) is 0. The molecule has 0 N–H and O–H groups in total. The Hall–Kier alpha value is -3.91. The third-order valence-electron chi connectivity index (χ3n) is 5.67. The van der Waals surface area contributed by atoms with Gasteiger partial charge < -0.3 is 4.74 Å². The van der Waals surface area contributed by atoms with Gasteiger partial charge in [-0.3, -0.25) is 4.79 Å². The number of ether oxygens (including phenoxy) is 1. The summed E-state index contributed by atoms with van der Waals surface area (Å²) in [5.74, 6) is 0.503. The van der Waals surface area contributed by atoms with Gasteiger partial charge in [0.25, 0.3) is 0 Å². The summed E-state index contributed by atoms with van der Waals surface area (Å²) >= 11 is 0. The molecule has 0 aliphatic heterocycles. The van der Waals surface area contributed by atoms with Crippen LogP contribution in [0.4, 0.5) is 0 Å². The van der Waals surface area contributed by atoms with Crippen molar-refractivity contribution >= 4 is 5.78 Å². The van der Waals surface area contributed by atoms with E-state index in [1.165, 1.54) is 0 Å². The maximum atomic E-state index is 13.3. The summed E-state index contributed by atoms with van der Waals surface area (Å²) in [5.41, 5.74) is 6.31. The fourth-order valence-electron chi connectivity index (χ4n) is 3.81. The Bertz CT molecular complexity index is 1210. The van der Waals surface area contributed by atoms with Crippen LogP contribution in [0, 0.1) is 0 Å². The van der Waals surface area contributed by atoms with Gasteiger partial charge in [0.2, 0.25) is 0 Å². The molecule has 34 heavy (non-hydrogen) atoms. The van der Waals surface area contributed by atoms with Gasteiger partial charge in [-0.2, -0.15) is 0 Å². The highest BCUT2D eigenvalue weighted by Gasteiger charge is 2.18. The van der Waals surface area contributed by atoms with E-state index in [2.05, 4.69) is 49.9 Å². The monoisotopic (exact) mass is 448 g/mol. The van der Waals surface area contributed by atoms with Crippen LogP contribution in [0.25, 0.3) is 11.1 Å². The van der Waals surface area contributed by atoms with E-state index in [9.17, 15) is 4.79 Å². The highest BCUT2D eigenvalue weighted by Crippen LogP contribution is 2.29. The van der Waals surface area contributed by atoms with Crippen molar-refractivity contribution in [1.29, 1.82) is 0 Å². The minimum Gasteiger partial charge on any atom is -0.488 e. The summed E-state index contributed by atoms with van der Waals surface area (Å²) < 4.78 is 6.44. The lowest BCUT2D eigenvalue weighted by Gasteiger charge is -2.18. The van der Waals surface area contributed by atoms with Gasteiger partial charge in [0.05, 0.1) is 0 Å². The molecule has 2 heteroatoms. The predicted octanol–water partition coefficient (Wildman–Crippen LogP) is 8.50. The third-order valence-corrected chi connectivity index (χ3v) is 5.67.